The second-order valence-electron chi connectivity index (χ2n) is 7.00. The molecular weight excluding hydrogens is 388 g/mol. The zero-order chi connectivity index (χ0) is 21.8. The molecule has 0 bridgehead atoms. The van der Waals surface area contributed by atoms with E-state index in [1.807, 2.05) is 26.8 Å². The Bertz CT molecular complexity index is 1040. The first kappa shape index (κ1) is 22.6. The minimum absolute atomic E-state index is 0.0103. The molecule has 6 nitrogen and oxygen atoms in total. The lowest BCUT2D eigenvalue weighted by molar-refractivity contribution is -0.111. The second kappa shape index (κ2) is 9.24. The molecule has 1 amide bonds. The van der Waals surface area contributed by atoms with Crippen LogP contribution in [0.25, 0.3) is 6.08 Å². The van der Waals surface area contributed by atoms with E-state index >= 15 is 0 Å². The fourth-order valence-electron chi connectivity index (χ4n) is 2.77. The minimum Gasteiger partial charge on any atom is -0.492 e. The standard InChI is InChI=1S/C22H28N2O4S/c1-7-28-20-10-9-19(14-21(20)29(26,27)24(5)6)23-22(25)11-8-18-13-16(3)15(2)12-17(18)4/h8-14H,7H2,1-6H3,(H,23,25). The molecule has 156 valence electrons. The van der Waals surface area contributed by atoms with Crippen molar-refractivity contribution in [2.24, 2.45) is 0 Å². The van der Waals surface area contributed by atoms with Crippen molar-refractivity contribution in [2.75, 3.05) is 26.0 Å². The van der Waals surface area contributed by atoms with Crippen LogP contribution in [0.2, 0.25) is 0 Å². The van der Waals surface area contributed by atoms with E-state index < -0.39 is 10.0 Å². The summed E-state index contributed by atoms with van der Waals surface area (Å²) >= 11 is 0. The van der Waals surface area contributed by atoms with Gasteiger partial charge in [0.15, 0.2) is 0 Å². The molecule has 29 heavy (non-hydrogen) atoms. The number of nitrogens with one attached hydrogen (secondary N) is 1. The number of rotatable bonds is 7. The first-order valence-corrected chi connectivity index (χ1v) is 10.8. The Morgan fingerprint density at radius 2 is 1.72 bits per heavy atom. The van der Waals surface area contributed by atoms with Crippen molar-refractivity contribution in [3.63, 3.8) is 0 Å². The first-order chi connectivity index (χ1) is 13.6. The van der Waals surface area contributed by atoms with Crippen LogP contribution in [0.4, 0.5) is 5.69 Å². The molecule has 0 heterocycles. The lowest BCUT2D eigenvalue weighted by atomic mass is 10.0. The quantitative estimate of drug-likeness (QED) is 0.695. The number of aryl methyl sites for hydroxylation is 3. The third-order valence-corrected chi connectivity index (χ3v) is 6.40. The van der Waals surface area contributed by atoms with Gasteiger partial charge in [0.1, 0.15) is 10.6 Å². The molecule has 0 aromatic heterocycles. The van der Waals surface area contributed by atoms with Gasteiger partial charge in [-0.2, -0.15) is 0 Å². The average Bonchev–Trinajstić information content (AvgIpc) is 2.64. The average molecular weight is 417 g/mol. The number of hydrogen-bond acceptors (Lipinski definition) is 4. The largest absolute Gasteiger partial charge is 0.492 e. The number of anilines is 1. The van der Waals surface area contributed by atoms with Gasteiger partial charge in [0.05, 0.1) is 6.61 Å². The number of benzene rings is 2. The number of nitrogens with zero attached hydrogens (tertiary/aromatic N) is 1. The van der Waals surface area contributed by atoms with Crippen LogP contribution < -0.4 is 10.1 Å². The van der Waals surface area contributed by atoms with Crippen LogP contribution in [0.5, 0.6) is 5.75 Å². The topological polar surface area (TPSA) is 75.7 Å². The predicted octanol–water partition coefficient (Wildman–Crippen LogP) is 3.91. The van der Waals surface area contributed by atoms with Crippen molar-refractivity contribution in [3.8, 4) is 5.75 Å². The van der Waals surface area contributed by atoms with Gasteiger partial charge in [-0.1, -0.05) is 12.1 Å². The number of carbonyl (C=O) groups excluding carboxylic acids is 1. The van der Waals surface area contributed by atoms with Crippen LogP contribution in [0.3, 0.4) is 0 Å². The summed E-state index contributed by atoms with van der Waals surface area (Å²) < 4.78 is 31.7. The van der Waals surface area contributed by atoms with E-state index in [9.17, 15) is 13.2 Å². The molecule has 0 unspecified atom stereocenters. The zero-order valence-electron chi connectivity index (χ0n) is 17.7. The maximum Gasteiger partial charge on any atom is 0.248 e. The number of amides is 1. The summed E-state index contributed by atoms with van der Waals surface area (Å²) in [6.07, 6.45) is 3.19. The minimum atomic E-state index is -3.72. The van der Waals surface area contributed by atoms with E-state index in [0.29, 0.717) is 12.3 Å². The third-order valence-electron chi connectivity index (χ3n) is 4.57. The summed E-state index contributed by atoms with van der Waals surface area (Å²) in [6, 6.07) is 8.69. The van der Waals surface area contributed by atoms with Crippen molar-refractivity contribution in [1.82, 2.24) is 4.31 Å². The lowest BCUT2D eigenvalue weighted by Gasteiger charge is -2.16. The summed E-state index contributed by atoms with van der Waals surface area (Å²) in [5, 5.41) is 2.71. The summed E-state index contributed by atoms with van der Waals surface area (Å²) in [7, 11) is -0.820. The Balaban J connectivity index is 2.28. The smallest absolute Gasteiger partial charge is 0.248 e. The molecule has 0 fully saturated rings. The lowest BCUT2D eigenvalue weighted by Crippen LogP contribution is -2.23. The highest BCUT2D eigenvalue weighted by atomic mass is 32.2. The highest BCUT2D eigenvalue weighted by Crippen LogP contribution is 2.29. The van der Waals surface area contributed by atoms with E-state index in [0.717, 1.165) is 21.0 Å². The molecule has 0 atom stereocenters. The number of ether oxygens (including phenoxy) is 1. The van der Waals surface area contributed by atoms with Crippen LogP contribution in [0.15, 0.2) is 41.3 Å². The third kappa shape index (κ3) is 5.46. The van der Waals surface area contributed by atoms with Crippen LogP contribution >= 0.6 is 0 Å². The van der Waals surface area contributed by atoms with Gasteiger partial charge in [0.25, 0.3) is 0 Å². The fraction of sp³-hybridized carbons (Fsp3) is 0.318. The molecule has 0 saturated heterocycles. The molecule has 0 aliphatic heterocycles. The summed E-state index contributed by atoms with van der Waals surface area (Å²) in [5.74, 6) is -0.0968. The molecular formula is C22H28N2O4S. The Morgan fingerprint density at radius 3 is 2.34 bits per heavy atom. The maximum absolute atomic E-state index is 12.6. The van der Waals surface area contributed by atoms with E-state index in [1.165, 1.54) is 31.8 Å². The maximum atomic E-state index is 12.6. The van der Waals surface area contributed by atoms with Crippen molar-refractivity contribution in [2.45, 2.75) is 32.6 Å². The van der Waals surface area contributed by atoms with Gasteiger partial charge >= 0.3 is 0 Å². The Kier molecular flexibility index (Phi) is 7.21. The molecule has 0 aliphatic rings. The van der Waals surface area contributed by atoms with Crippen LogP contribution in [0, 0.1) is 20.8 Å². The molecule has 0 radical (unpaired) electrons. The summed E-state index contributed by atoms with van der Waals surface area (Å²) in [5.41, 5.74) is 4.78. The molecule has 0 saturated carbocycles. The van der Waals surface area contributed by atoms with Gasteiger partial charge in [-0.25, -0.2) is 12.7 Å². The molecule has 2 rings (SSSR count). The van der Waals surface area contributed by atoms with Crippen molar-refractivity contribution < 1.29 is 17.9 Å². The van der Waals surface area contributed by atoms with Gasteiger partial charge in [-0.15, -0.1) is 0 Å². The van der Waals surface area contributed by atoms with Crippen LogP contribution in [0.1, 0.15) is 29.2 Å². The van der Waals surface area contributed by atoms with Gasteiger partial charge in [0, 0.05) is 25.9 Å². The molecule has 2 aromatic carbocycles. The molecule has 0 spiro atoms. The van der Waals surface area contributed by atoms with Gasteiger partial charge in [0.2, 0.25) is 15.9 Å². The van der Waals surface area contributed by atoms with E-state index in [1.54, 1.807) is 25.1 Å². The molecule has 1 N–H and O–H groups in total. The SMILES string of the molecule is CCOc1ccc(NC(=O)C=Cc2cc(C)c(C)cc2C)cc1S(=O)(=O)N(C)C. The van der Waals surface area contributed by atoms with Crippen molar-refractivity contribution >= 4 is 27.7 Å². The van der Waals surface area contributed by atoms with E-state index in [2.05, 4.69) is 11.4 Å². The Hall–Kier alpha value is -2.64. The summed E-state index contributed by atoms with van der Waals surface area (Å²) in [4.78, 5) is 12.4. The molecule has 2 aromatic rings. The Labute approximate surface area is 173 Å². The van der Waals surface area contributed by atoms with Crippen molar-refractivity contribution in [1.29, 1.82) is 0 Å². The van der Waals surface area contributed by atoms with Gasteiger partial charge < -0.3 is 10.1 Å². The van der Waals surface area contributed by atoms with Gasteiger partial charge in [-0.05, 0) is 74.2 Å². The van der Waals surface area contributed by atoms with Crippen LogP contribution in [-0.4, -0.2) is 39.3 Å². The first-order valence-electron chi connectivity index (χ1n) is 9.32. The van der Waals surface area contributed by atoms with Crippen LogP contribution in [-0.2, 0) is 14.8 Å². The zero-order valence-corrected chi connectivity index (χ0v) is 18.6. The van der Waals surface area contributed by atoms with Gasteiger partial charge in [-0.3, -0.25) is 4.79 Å². The Morgan fingerprint density at radius 1 is 1.07 bits per heavy atom. The number of sulfonamides is 1. The van der Waals surface area contributed by atoms with Crippen molar-refractivity contribution in [3.05, 3.63) is 58.7 Å². The highest BCUT2D eigenvalue weighted by molar-refractivity contribution is 7.89. The summed E-state index contributed by atoms with van der Waals surface area (Å²) in [6.45, 7) is 8.18. The second-order valence-corrected chi connectivity index (χ2v) is 9.12. The predicted molar refractivity (Wildman–Crippen MR) is 117 cm³/mol. The number of carbonyl (C=O) groups is 1. The monoisotopic (exact) mass is 416 g/mol. The fourth-order valence-corrected chi connectivity index (χ4v) is 3.82. The molecule has 0 aliphatic carbocycles. The normalized spacial score (nSPS) is 11.8. The van der Waals surface area contributed by atoms with E-state index in [4.69, 9.17) is 4.74 Å². The van der Waals surface area contributed by atoms with E-state index in [-0.39, 0.29) is 16.6 Å². The highest BCUT2D eigenvalue weighted by Gasteiger charge is 2.23. The number of hydrogen-bond donors (Lipinski definition) is 1. The molecule has 7 heteroatoms.